The molecule has 0 aliphatic heterocycles. The lowest BCUT2D eigenvalue weighted by Crippen LogP contribution is -2.45. The highest BCUT2D eigenvalue weighted by Gasteiger charge is 2.25. The van der Waals surface area contributed by atoms with Crippen molar-refractivity contribution in [3.8, 4) is 0 Å². The largest absolute Gasteiger partial charge is 0.333 e. The number of anilines is 1. The first-order chi connectivity index (χ1) is 14.0. The number of benzene rings is 2. The molecule has 1 atom stereocenters. The zero-order valence-electron chi connectivity index (χ0n) is 18.6. The third kappa shape index (κ3) is 6.31. The summed E-state index contributed by atoms with van der Waals surface area (Å²) in [6.07, 6.45) is 0. The fourth-order valence-electron chi connectivity index (χ4n) is 3.40. The molecule has 6 nitrogen and oxygen atoms in total. The molecular formula is C23H33N3O3S. The number of hydrogen-bond donors (Lipinski definition) is 3. The SMILES string of the molecule is CC(C)c1cccc(C(C)C)c1NC(=O)NS(=O)(=O)NC(c1ccccc1)C(C)C. The molecule has 2 rings (SSSR count). The van der Waals surface area contributed by atoms with Crippen LogP contribution >= 0.6 is 0 Å². The van der Waals surface area contributed by atoms with Gasteiger partial charge in [-0.05, 0) is 34.4 Å². The van der Waals surface area contributed by atoms with E-state index in [2.05, 4.69) is 14.8 Å². The summed E-state index contributed by atoms with van der Waals surface area (Å²) < 4.78 is 30.1. The highest BCUT2D eigenvalue weighted by atomic mass is 32.2. The molecule has 7 heteroatoms. The first kappa shape index (κ1) is 23.9. The minimum Gasteiger partial charge on any atom is -0.307 e. The molecule has 0 saturated heterocycles. The molecule has 0 aromatic heterocycles. The lowest BCUT2D eigenvalue weighted by Gasteiger charge is -2.23. The van der Waals surface area contributed by atoms with Crippen LogP contribution in [0, 0.1) is 5.92 Å². The van der Waals surface area contributed by atoms with Crippen molar-refractivity contribution in [3.05, 3.63) is 65.2 Å². The van der Waals surface area contributed by atoms with Gasteiger partial charge in [0.15, 0.2) is 0 Å². The number of carbonyl (C=O) groups is 1. The Balaban J connectivity index is 2.21. The van der Waals surface area contributed by atoms with Crippen molar-refractivity contribution in [1.29, 1.82) is 0 Å². The van der Waals surface area contributed by atoms with E-state index in [1.54, 1.807) is 0 Å². The average molecular weight is 432 g/mol. The van der Waals surface area contributed by atoms with Gasteiger partial charge in [0.2, 0.25) is 0 Å². The van der Waals surface area contributed by atoms with Gasteiger partial charge in [-0.25, -0.2) is 9.52 Å². The minimum absolute atomic E-state index is 0.00115. The van der Waals surface area contributed by atoms with Crippen molar-refractivity contribution in [2.75, 3.05) is 5.32 Å². The van der Waals surface area contributed by atoms with Crippen molar-refractivity contribution >= 4 is 21.9 Å². The van der Waals surface area contributed by atoms with E-state index in [0.717, 1.165) is 16.7 Å². The van der Waals surface area contributed by atoms with Gasteiger partial charge >= 0.3 is 16.2 Å². The van der Waals surface area contributed by atoms with E-state index in [4.69, 9.17) is 0 Å². The number of hydrogen-bond acceptors (Lipinski definition) is 3. The maximum absolute atomic E-state index is 12.7. The summed E-state index contributed by atoms with van der Waals surface area (Å²) in [5.74, 6) is 0.357. The van der Waals surface area contributed by atoms with Crippen molar-refractivity contribution in [2.45, 2.75) is 59.4 Å². The molecule has 2 aromatic carbocycles. The minimum atomic E-state index is -4.07. The molecule has 0 saturated carbocycles. The lowest BCUT2D eigenvalue weighted by atomic mass is 9.93. The Morgan fingerprint density at radius 2 is 1.33 bits per heavy atom. The summed E-state index contributed by atoms with van der Waals surface area (Å²) in [5.41, 5.74) is 3.43. The van der Waals surface area contributed by atoms with E-state index in [9.17, 15) is 13.2 Å². The molecular weight excluding hydrogens is 398 g/mol. The fraction of sp³-hybridized carbons (Fsp3) is 0.435. The van der Waals surface area contributed by atoms with Crippen LogP contribution in [0.2, 0.25) is 0 Å². The van der Waals surface area contributed by atoms with Crippen LogP contribution in [0.3, 0.4) is 0 Å². The van der Waals surface area contributed by atoms with Crippen LogP contribution in [0.15, 0.2) is 48.5 Å². The van der Waals surface area contributed by atoms with Gasteiger partial charge in [0.05, 0.1) is 6.04 Å². The Labute approximate surface area is 180 Å². The van der Waals surface area contributed by atoms with Gasteiger partial charge < -0.3 is 5.32 Å². The summed E-state index contributed by atoms with van der Waals surface area (Å²) >= 11 is 0. The van der Waals surface area contributed by atoms with Crippen molar-refractivity contribution in [3.63, 3.8) is 0 Å². The zero-order chi connectivity index (χ0) is 22.5. The van der Waals surface area contributed by atoms with Gasteiger partial charge in [-0.1, -0.05) is 90.1 Å². The Morgan fingerprint density at radius 1 is 0.800 bits per heavy atom. The summed E-state index contributed by atoms with van der Waals surface area (Å²) in [6, 6.07) is 13.9. The van der Waals surface area contributed by atoms with Crippen molar-refractivity contribution in [1.82, 2.24) is 9.44 Å². The van der Waals surface area contributed by atoms with Crippen molar-refractivity contribution in [2.24, 2.45) is 5.92 Å². The van der Waals surface area contributed by atoms with E-state index >= 15 is 0 Å². The second-order valence-electron chi connectivity index (χ2n) is 8.43. The molecule has 3 N–H and O–H groups in total. The molecule has 0 bridgehead atoms. The molecule has 164 valence electrons. The van der Waals surface area contributed by atoms with Gasteiger partial charge in [-0.3, -0.25) is 0 Å². The Kier molecular flexibility index (Phi) is 8.03. The summed E-state index contributed by atoms with van der Waals surface area (Å²) in [6.45, 7) is 12.0. The van der Waals surface area contributed by atoms with Gasteiger partial charge in [-0.2, -0.15) is 13.1 Å². The Hall–Kier alpha value is -2.38. The van der Waals surface area contributed by atoms with E-state index in [-0.39, 0.29) is 17.8 Å². The van der Waals surface area contributed by atoms with Gasteiger partial charge in [0.25, 0.3) is 0 Å². The number of amides is 2. The molecule has 0 aliphatic rings. The molecule has 0 heterocycles. The number of carbonyl (C=O) groups excluding carboxylic acids is 1. The standard InChI is InChI=1S/C23H33N3O3S/c1-15(2)19-13-10-14-20(16(3)4)22(19)24-23(27)26-30(28,29)25-21(17(5)6)18-11-8-7-9-12-18/h7-17,21,25H,1-6H3,(H2,24,26,27). The highest BCUT2D eigenvalue weighted by molar-refractivity contribution is 7.88. The van der Waals surface area contributed by atoms with E-state index in [0.29, 0.717) is 5.69 Å². The van der Waals surface area contributed by atoms with E-state index in [1.807, 2.05) is 90.1 Å². The molecule has 2 amide bonds. The predicted molar refractivity (Wildman–Crippen MR) is 123 cm³/mol. The summed E-state index contributed by atoms with van der Waals surface area (Å²) in [5, 5.41) is 2.77. The molecule has 2 aromatic rings. The van der Waals surface area contributed by atoms with E-state index < -0.39 is 22.3 Å². The third-order valence-corrected chi connectivity index (χ3v) is 5.96. The fourth-order valence-corrected chi connectivity index (χ4v) is 4.50. The normalized spacial score (nSPS) is 13.0. The first-order valence-corrected chi connectivity index (χ1v) is 11.8. The topological polar surface area (TPSA) is 87.3 Å². The number of nitrogens with one attached hydrogen (secondary N) is 3. The Bertz CT molecular complexity index is 929. The van der Waals surface area contributed by atoms with Crippen LogP contribution in [-0.2, 0) is 10.2 Å². The van der Waals surface area contributed by atoms with Crippen LogP contribution in [0.5, 0.6) is 0 Å². The second-order valence-corrected chi connectivity index (χ2v) is 9.88. The predicted octanol–water partition coefficient (Wildman–Crippen LogP) is 5.29. The zero-order valence-corrected chi connectivity index (χ0v) is 19.4. The van der Waals surface area contributed by atoms with Crippen LogP contribution < -0.4 is 14.8 Å². The summed E-state index contributed by atoms with van der Waals surface area (Å²) in [7, 11) is -4.07. The molecule has 0 spiro atoms. The third-order valence-electron chi connectivity index (χ3n) is 4.95. The summed E-state index contributed by atoms with van der Waals surface area (Å²) in [4.78, 5) is 12.6. The van der Waals surface area contributed by atoms with Gasteiger partial charge in [0, 0.05) is 5.69 Å². The lowest BCUT2D eigenvalue weighted by molar-refractivity contribution is 0.256. The quantitative estimate of drug-likeness (QED) is 0.531. The van der Waals surface area contributed by atoms with Crippen LogP contribution in [0.4, 0.5) is 10.5 Å². The maximum Gasteiger partial charge on any atom is 0.333 e. The van der Waals surface area contributed by atoms with Crippen molar-refractivity contribution < 1.29 is 13.2 Å². The molecule has 0 fully saturated rings. The molecule has 1 unspecified atom stereocenters. The van der Waals surface area contributed by atoms with Gasteiger partial charge in [0.1, 0.15) is 0 Å². The highest BCUT2D eigenvalue weighted by Crippen LogP contribution is 2.32. The van der Waals surface area contributed by atoms with E-state index in [1.165, 1.54) is 0 Å². The maximum atomic E-state index is 12.7. The van der Waals surface area contributed by atoms with Crippen LogP contribution in [-0.4, -0.2) is 14.4 Å². The smallest absolute Gasteiger partial charge is 0.307 e. The number of urea groups is 1. The monoisotopic (exact) mass is 431 g/mol. The Morgan fingerprint density at radius 3 is 1.80 bits per heavy atom. The second kappa shape index (κ2) is 10.1. The van der Waals surface area contributed by atoms with Gasteiger partial charge in [-0.15, -0.1) is 0 Å². The van der Waals surface area contributed by atoms with Crippen LogP contribution in [0.25, 0.3) is 0 Å². The first-order valence-electron chi connectivity index (χ1n) is 10.3. The number of para-hydroxylation sites is 1. The number of rotatable bonds is 8. The molecule has 30 heavy (non-hydrogen) atoms. The average Bonchev–Trinajstić information content (AvgIpc) is 2.66. The van der Waals surface area contributed by atoms with Crippen LogP contribution in [0.1, 0.15) is 76.1 Å². The molecule has 0 radical (unpaired) electrons. The molecule has 0 aliphatic carbocycles.